The van der Waals surface area contributed by atoms with Crippen LogP contribution in [0.4, 0.5) is 5.00 Å². The third kappa shape index (κ3) is 5.84. The Hall–Kier alpha value is -1.36. The number of piperidine rings is 1. The van der Waals surface area contributed by atoms with Crippen LogP contribution in [0.25, 0.3) is 0 Å². The van der Waals surface area contributed by atoms with Gasteiger partial charge < -0.3 is 20.1 Å². The summed E-state index contributed by atoms with van der Waals surface area (Å²) < 4.78 is 2.32. The standard InChI is InChI=1S/C20H31N7S.HI/c1-21-20(23-16-9-13-26(14-10-16)19-7-5-15-28-19)22-11-8-18-25-24-17-6-3-2-4-12-27(17)18;/h5,7,15-16H,2-4,6,8-14H2,1H3,(H2,21,22,23);1H. The Bertz CT molecular complexity index is 766. The molecule has 0 aromatic carbocycles. The van der Waals surface area contributed by atoms with Crippen LogP contribution in [0.3, 0.4) is 0 Å². The summed E-state index contributed by atoms with van der Waals surface area (Å²) in [5.41, 5.74) is 0. The number of rotatable bonds is 5. The lowest BCUT2D eigenvalue weighted by molar-refractivity contribution is 0.462. The van der Waals surface area contributed by atoms with Crippen LogP contribution in [0.5, 0.6) is 0 Å². The number of hydrogen-bond donors (Lipinski definition) is 2. The predicted molar refractivity (Wildman–Crippen MR) is 131 cm³/mol. The molecule has 2 aliphatic heterocycles. The van der Waals surface area contributed by atoms with Crippen molar-refractivity contribution in [3.05, 3.63) is 29.2 Å². The first-order chi connectivity index (χ1) is 13.8. The number of aliphatic imine (C=N–C) groups is 1. The van der Waals surface area contributed by atoms with Crippen LogP contribution >= 0.6 is 35.3 Å². The fraction of sp³-hybridized carbons (Fsp3) is 0.650. The first-order valence-corrected chi connectivity index (χ1v) is 11.4. The number of nitrogens with one attached hydrogen (secondary N) is 2. The van der Waals surface area contributed by atoms with Crippen molar-refractivity contribution in [2.75, 3.05) is 31.6 Å². The van der Waals surface area contributed by atoms with Gasteiger partial charge in [-0.2, -0.15) is 0 Å². The molecule has 0 atom stereocenters. The number of nitrogens with zero attached hydrogens (tertiary/aromatic N) is 5. The summed E-state index contributed by atoms with van der Waals surface area (Å²) in [5, 5.41) is 19.4. The van der Waals surface area contributed by atoms with Gasteiger partial charge in [-0.1, -0.05) is 6.42 Å². The second-order valence-corrected chi connectivity index (χ2v) is 8.53. The van der Waals surface area contributed by atoms with Gasteiger partial charge >= 0.3 is 0 Å². The van der Waals surface area contributed by atoms with Gasteiger partial charge in [0.1, 0.15) is 11.6 Å². The van der Waals surface area contributed by atoms with E-state index in [2.05, 4.69) is 52.8 Å². The smallest absolute Gasteiger partial charge is 0.191 e. The Labute approximate surface area is 194 Å². The van der Waals surface area contributed by atoms with Gasteiger partial charge in [0.2, 0.25) is 0 Å². The first kappa shape index (κ1) is 22.3. The summed E-state index contributed by atoms with van der Waals surface area (Å²) in [4.78, 5) is 6.89. The molecule has 0 amide bonds. The van der Waals surface area contributed by atoms with Crippen molar-refractivity contribution in [1.29, 1.82) is 0 Å². The van der Waals surface area contributed by atoms with E-state index in [0.717, 1.165) is 69.5 Å². The molecule has 4 rings (SSSR count). The molecule has 1 fully saturated rings. The lowest BCUT2D eigenvalue weighted by Gasteiger charge is -2.33. The summed E-state index contributed by atoms with van der Waals surface area (Å²) in [6, 6.07) is 4.82. The van der Waals surface area contributed by atoms with Crippen LogP contribution in [-0.2, 0) is 19.4 Å². The maximum absolute atomic E-state index is 4.42. The Kier molecular flexibility index (Phi) is 8.58. The van der Waals surface area contributed by atoms with Crippen LogP contribution in [0.15, 0.2) is 22.5 Å². The van der Waals surface area contributed by atoms with Gasteiger partial charge in [-0.3, -0.25) is 4.99 Å². The zero-order chi connectivity index (χ0) is 19.2. The fourth-order valence-electron chi connectivity index (χ4n) is 4.10. The molecule has 2 N–H and O–H groups in total. The van der Waals surface area contributed by atoms with Crippen LogP contribution in [0.2, 0.25) is 0 Å². The number of aromatic nitrogens is 3. The van der Waals surface area contributed by atoms with E-state index in [1.165, 1.54) is 24.3 Å². The van der Waals surface area contributed by atoms with Crippen molar-refractivity contribution >= 4 is 46.3 Å². The molecule has 7 nitrogen and oxygen atoms in total. The maximum Gasteiger partial charge on any atom is 0.191 e. The Morgan fingerprint density at radius 3 is 2.83 bits per heavy atom. The number of guanidine groups is 1. The topological polar surface area (TPSA) is 70.4 Å². The molecular formula is C20H32IN7S. The molecule has 9 heteroatoms. The molecule has 0 saturated carbocycles. The molecule has 29 heavy (non-hydrogen) atoms. The number of aryl methyl sites for hydroxylation is 1. The minimum Gasteiger partial charge on any atom is -0.363 e. The fourth-order valence-corrected chi connectivity index (χ4v) is 4.89. The lowest BCUT2D eigenvalue weighted by Crippen LogP contribution is -2.49. The number of halogens is 1. The Balaban J connectivity index is 0.00000240. The molecule has 2 aromatic rings. The van der Waals surface area contributed by atoms with E-state index >= 15 is 0 Å². The average molecular weight is 529 g/mol. The second kappa shape index (κ2) is 11.1. The molecule has 160 valence electrons. The number of fused-ring (bicyclic) bond motifs is 1. The van der Waals surface area contributed by atoms with E-state index in [1.807, 2.05) is 18.4 Å². The molecule has 0 spiro atoms. The number of thiophene rings is 1. The van der Waals surface area contributed by atoms with E-state index in [0.29, 0.717) is 6.04 Å². The van der Waals surface area contributed by atoms with Gasteiger partial charge in [0, 0.05) is 52.1 Å². The van der Waals surface area contributed by atoms with E-state index in [4.69, 9.17) is 0 Å². The Morgan fingerprint density at radius 2 is 2.07 bits per heavy atom. The van der Waals surface area contributed by atoms with Crippen LogP contribution in [-0.4, -0.2) is 53.4 Å². The van der Waals surface area contributed by atoms with Gasteiger partial charge in [-0.15, -0.1) is 45.5 Å². The minimum absolute atomic E-state index is 0. The first-order valence-electron chi connectivity index (χ1n) is 10.5. The molecule has 0 bridgehead atoms. The van der Waals surface area contributed by atoms with Crippen LogP contribution < -0.4 is 15.5 Å². The zero-order valence-electron chi connectivity index (χ0n) is 17.1. The van der Waals surface area contributed by atoms with Crippen molar-refractivity contribution in [2.45, 2.75) is 57.5 Å². The summed E-state index contributed by atoms with van der Waals surface area (Å²) in [5.74, 6) is 3.15. The third-order valence-corrected chi connectivity index (χ3v) is 6.63. The van der Waals surface area contributed by atoms with Crippen LogP contribution in [0, 0.1) is 0 Å². The maximum atomic E-state index is 4.42. The van der Waals surface area contributed by atoms with Crippen molar-refractivity contribution in [3.63, 3.8) is 0 Å². The molecule has 0 aliphatic carbocycles. The Morgan fingerprint density at radius 1 is 1.21 bits per heavy atom. The summed E-state index contributed by atoms with van der Waals surface area (Å²) >= 11 is 1.83. The van der Waals surface area contributed by atoms with E-state index in [-0.39, 0.29) is 24.0 Å². The highest BCUT2D eigenvalue weighted by Gasteiger charge is 2.21. The molecular weight excluding hydrogens is 497 g/mol. The third-order valence-electron chi connectivity index (χ3n) is 5.70. The van der Waals surface area contributed by atoms with Gasteiger partial charge in [-0.25, -0.2) is 0 Å². The largest absolute Gasteiger partial charge is 0.363 e. The van der Waals surface area contributed by atoms with Gasteiger partial charge in [0.25, 0.3) is 0 Å². The summed E-state index contributed by atoms with van der Waals surface area (Å²) in [7, 11) is 1.85. The molecule has 2 aliphatic rings. The highest BCUT2D eigenvalue weighted by molar-refractivity contribution is 14.0. The normalized spacial score (nSPS) is 18.0. The average Bonchev–Trinajstić information content (AvgIpc) is 3.33. The highest BCUT2D eigenvalue weighted by atomic mass is 127. The van der Waals surface area contributed by atoms with Gasteiger partial charge in [0.15, 0.2) is 5.96 Å². The van der Waals surface area contributed by atoms with E-state index in [1.54, 1.807) is 0 Å². The van der Waals surface area contributed by atoms with Crippen LogP contribution in [0.1, 0.15) is 43.8 Å². The molecule has 0 unspecified atom stereocenters. The van der Waals surface area contributed by atoms with Gasteiger partial charge in [0.05, 0.1) is 5.00 Å². The van der Waals surface area contributed by atoms with E-state index in [9.17, 15) is 0 Å². The summed E-state index contributed by atoms with van der Waals surface area (Å²) in [6.07, 6.45) is 7.98. The quantitative estimate of drug-likeness (QED) is 0.354. The predicted octanol–water partition coefficient (Wildman–Crippen LogP) is 3.06. The molecule has 2 aromatic heterocycles. The lowest BCUT2D eigenvalue weighted by atomic mass is 10.1. The number of anilines is 1. The minimum atomic E-state index is 0. The second-order valence-electron chi connectivity index (χ2n) is 7.60. The molecule has 4 heterocycles. The van der Waals surface area contributed by atoms with Crippen molar-refractivity contribution in [3.8, 4) is 0 Å². The monoisotopic (exact) mass is 529 g/mol. The van der Waals surface area contributed by atoms with Gasteiger partial charge in [-0.05, 0) is 43.2 Å². The van der Waals surface area contributed by atoms with Crippen molar-refractivity contribution in [1.82, 2.24) is 25.4 Å². The highest BCUT2D eigenvalue weighted by Crippen LogP contribution is 2.24. The van der Waals surface area contributed by atoms with E-state index < -0.39 is 0 Å². The van der Waals surface area contributed by atoms with Crippen molar-refractivity contribution < 1.29 is 0 Å². The zero-order valence-corrected chi connectivity index (χ0v) is 20.3. The number of hydrogen-bond acceptors (Lipinski definition) is 5. The van der Waals surface area contributed by atoms with Crippen molar-refractivity contribution in [2.24, 2.45) is 4.99 Å². The SMILES string of the molecule is CN=C(NCCc1nnc2n1CCCCC2)NC1CCN(c2cccs2)CC1.I. The summed E-state index contributed by atoms with van der Waals surface area (Å²) in [6.45, 7) is 4.08. The molecule has 0 radical (unpaired) electrons. The molecule has 1 saturated heterocycles.